The average Bonchev–Trinajstić information content (AvgIpc) is 2.67. The van der Waals surface area contributed by atoms with Crippen molar-refractivity contribution in [1.82, 2.24) is 10.1 Å². The standard InChI is InChI=1S/C11H12FN3O/c1-11(2,13)10-14-9(15-16-10)7-3-5-8(12)6-4-7/h3-6H,13H2,1-2H3. The fraction of sp³-hybridized carbons (Fsp3) is 0.273. The fourth-order valence-corrected chi connectivity index (χ4v) is 1.20. The highest BCUT2D eigenvalue weighted by atomic mass is 19.1. The minimum atomic E-state index is -0.675. The summed E-state index contributed by atoms with van der Waals surface area (Å²) in [5, 5.41) is 3.79. The first-order chi connectivity index (χ1) is 7.47. The maximum atomic E-state index is 12.7. The Labute approximate surface area is 92.3 Å². The number of hydrogen-bond acceptors (Lipinski definition) is 4. The van der Waals surface area contributed by atoms with Crippen molar-refractivity contribution < 1.29 is 8.91 Å². The summed E-state index contributed by atoms with van der Waals surface area (Å²) in [6, 6.07) is 5.87. The summed E-state index contributed by atoms with van der Waals surface area (Å²) in [5.41, 5.74) is 5.84. The third-order valence-corrected chi connectivity index (χ3v) is 2.08. The van der Waals surface area contributed by atoms with Gasteiger partial charge in [0.15, 0.2) is 0 Å². The van der Waals surface area contributed by atoms with E-state index in [1.54, 1.807) is 26.0 Å². The van der Waals surface area contributed by atoms with Gasteiger partial charge in [0.25, 0.3) is 0 Å². The fourth-order valence-electron chi connectivity index (χ4n) is 1.20. The molecular formula is C11H12FN3O. The van der Waals surface area contributed by atoms with E-state index in [-0.39, 0.29) is 5.82 Å². The van der Waals surface area contributed by atoms with E-state index in [9.17, 15) is 4.39 Å². The minimum Gasteiger partial charge on any atom is -0.337 e. The largest absolute Gasteiger partial charge is 0.337 e. The quantitative estimate of drug-likeness (QED) is 0.843. The third kappa shape index (κ3) is 2.09. The molecule has 0 amide bonds. The predicted octanol–water partition coefficient (Wildman–Crippen LogP) is 2.07. The highest BCUT2D eigenvalue weighted by molar-refractivity contribution is 5.53. The highest BCUT2D eigenvalue weighted by Crippen LogP contribution is 2.20. The average molecular weight is 221 g/mol. The number of halogens is 1. The van der Waals surface area contributed by atoms with Gasteiger partial charge in [0.05, 0.1) is 5.54 Å². The molecule has 0 fully saturated rings. The van der Waals surface area contributed by atoms with Crippen molar-refractivity contribution in [2.24, 2.45) is 5.73 Å². The van der Waals surface area contributed by atoms with E-state index < -0.39 is 5.54 Å². The maximum Gasteiger partial charge on any atom is 0.246 e. The number of aromatic nitrogens is 2. The van der Waals surface area contributed by atoms with Crippen LogP contribution < -0.4 is 5.73 Å². The zero-order valence-corrected chi connectivity index (χ0v) is 9.07. The van der Waals surface area contributed by atoms with Crippen molar-refractivity contribution in [3.63, 3.8) is 0 Å². The van der Waals surface area contributed by atoms with Crippen molar-refractivity contribution in [3.8, 4) is 11.4 Å². The molecule has 0 unspecified atom stereocenters. The van der Waals surface area contributed by atoms with Crippen molar-refractivity contribution in [1.29, 1.82) is 0 Å². The van der Waals surface area contributed by atoms with E-state index in [0.29, 0.717) is 17.3 Å². The molecule has 0 aliphatic heterocycles. The van der Waals surface area contributed by atoms with Crippen LogP contribution in [-0.2, 0) is 5.54 Å². The molecule has 0 saturated carbocycles. The van der Waals surface area contributed by atoms with Crippen LogP contribution in [0.25, 0.3) is 11.4 Å². The Bertz CT molecular complexity index is 485. The summed E-state index contributed by atoms with van der Waals surface area (Å²) in [6.45, 7) is 3.55. The van der Waals surface area contributed by atoms with Gasteiger partial charge in [-0.05, 0) is 38.1 Å². The minimum absolute atomic E-state index is 0.299. The van der Waals surface area contributed by atoms with Crippen LogP contribution in [0, 0.1) is 5.82 Å². The van der Waals surface area contributed by atoms with Gasteiger partial charge in [0, 0.05) is 5.56 Å². The lowest BCUT2D eigenvalue weighted by Crippen LogP contribution is -2.28. The topological polar surface area (TPSA) is 64.9 Å². The lowest BCUT2D eigenvalue weighted by molar-refractivity contribution is 0.312. The number of hydrogen-bond donors (Lipinski definition) is 1. The molecule has 0 bridgehead atoms. The van der Waals surface area contributed by atoms with E-state index in [1.807, 2.05) is 0 Å². The molecule has 1 aromatic heterocycles. The number of nitrogens with zero attached hydrogens (tertiary/aromatic N) is 2. The first kappa shape index (κ1) is 10.8. The van der Waals surface area contributed by atoms with Gasteiger partial charge in [-0.25, -0.2) is 4.39 Å². The third-order valence-electron chi connectivity index (χ3n) is 2.08. The Kier molecular flexibility index (Phi) is 2.47. The number of nitrogens with two attached hydrogens (primary N) is 1. The summed E-state index contributed by atoms with van der Waals surface area (Å²) in [4.78, 5) is 4.16. The van der Waals surface area contributed by atoms with Crippen LogP contribution in [-0.4, -0.2) is 10.1 Å². The van der Waals surface area contributed by atoms with Crippen molar-refractivity contribution in [2.75, 3.05) is 0 Å². The molecule has 1 heterocycles. The molecule has 0 saturated heterocycles. The van der Waals surface area contributed by atoms with Gasteiger partial charge >= 0.3 is 0 Å². The molecule has 0 radical (unpaired) electrons. The maximum absolute atomic E-state index is 12.7. The molecule has 5 heteroatoms. The Balaban J connectivity index is 2.35. The highest BCUT2D eigenvalue weighted by Gasteiger charge is 2.22. The molecule has 0 aliphatic carbocycles. The van der Waals surface area contributed by atoms with Gasteiger partial charge in [-0.1, -0.05) is 5.16 Å². The zero-order valence-electron chi connectivity index (χ0n) is 9.07. The van der Waals surface area contributed by atoms with Crippen molar-refractivity contribution >= 4 is 0 Å². The van der Waals surface area contributed by atoms with Crippen molar-refractivity contribution in [3.05, 3.63) is 36.0 Å². The summed E-state index contributed by atoms with van der Waals surface area (Å²) >= 11 is 0. The molecule has 2 rings (SSSR count). The normalized spacial score (nSPS) is 11.8. The van der Waals surface area contributed by atoms with Crippen molar-refractivity contribution in [2.45, 2.75) is 19.4 Å². The molecule has 2 N–H and O–H groups in total. The van der Waals surface area contributed by atoms with E-state index >= 15 is 0 Å². The molecule has 1 aromatic carbocycles. The van der Waals surface area contributed by atoms with E-state index in [1.165, 1.54) is 12.1 Å². The zero-order chi connectivity index (χ0) is 11.8. The summed E-state index contributed by atoms with van der Waals surface area (Å²) in [5.74, 6) is 0.465. The van der Waals surface area contributed by atoms with Crippen LogP contribution in [0.3, 0.4) is 0 Å². The van der Waals surface area contributed by atoms with E-state index in [2.05, 4.69) is 10.1 Å². The monoisotopic (exact) mass is 221 g/mol. The van der Waals surface area contributed by atoms with Crippen LogP contribution in [0.4, 0.5) is 4.39 Å². The van der Waals surface area contributed by atoms with Crippen LogP contribution in [0.1, 0.15) is 19.7 Å². The van der Waals surface area contributed by atoms with Gasteiger partial charge < -0.3 is 10.3 Å². The molecular weight excluding hydrogens is 209 g/mol. The van der Waals surface area contributed by atoms with E-state index in [4.69, 9.17) is 10.3 Å². The molecule has 2 aromatic rings. The Hall–Kier alpha value is -1.75. The molecule has 4 nitrogen and oxygen atoms in total. The van der Waals surface area contributed by atoms with Crippen LogP contribution in [0.15, 0.2) is 28.8 Å². The molecule has 0 spiro atoms. The van der Waals surface area contributed by atoms with E-state index in [0.717, 1.165) is 0 Å². The Morgan fingerprint density at radius 2 is 1.88 bits per heavy atom. The van der Waals surface area contributed by atoms with Gasteiger partial charge in [0.2, 0.25) is 11.7 Å². The second-order valence-corrected chi connectivity index (χ2v) is 4.15. The Morgan fingerprint density at radius 1 is 1.25 bits per heavy atom. The lowest BCUT2D eigenvalue weighted by atomic mass is 10.1. The van der Waals surface area contributed by atoms with Crippen LogP contribution in [0.2, 0.25) is 0 Å². The van der Waals surface area contributed by atoms with Crippen LogP contribution >= 0.6 is 0 Å². The summed E-state index contributed by atoms with van der Waals surface area (Å²) in [7, 11) is 0. The number of rotatable bonds is 2. The first-order valence-electron chi connectivity index (χ1n) is 4.86. The predicted molar refractivity (Wildman–Crippen MR) is 56.9 cm³/mol. The van der Waals surface area contributed by atoms with Crippen LogP contribution in [0.5, 0.6) is 0 Å². The molecule has 0 atom stereocenters. The van der Waals surface area contributed by atoms with Gasteiger partial charge in [-0.15, -0.1) is 0 Å². The van der Waals surface area contributed by atoms with Gasteiger partial charge in [-0.2, -0.15) is 4.98 Å². The van der Waals surface area contributed by atoms with Gasteiger partial charge in [0.1, 0.15) is 5.82 Å². The smallest absolute Gasteiger partial charge is 0.246 e. The number of benzene rings is 1. The summed E-state index contributed by atoms with van der Waals surface area (Å²) in [6.07, 6.45) is 0. The molecule has 84 valence electrons. The second-order valence-electron chi connectivity index (χ2n) is 4.15. The molecule has 16 heavy (non-hydrogen) atoms. The second kappa shape index (κ2) is 3.68. The molecule has 0 aliphatic rings. The lowest BCUT2D eigenvalue weighted by Gasteiger charge is -2.10. The van der Waals surface area contributed by atoms with Gasteiger partial charge in [-0.3, -0.25) is 0 Å². The first-order valence-corrected chi connectivity index (χ1v) is 4.86. The summed E-state index contributed by atoms with van der Waals surface area (Å²) < 4.78 is 17.7. The SMILES string of the molecule is CC(C)(N)c1nc(-c2ccc(F)cc2)no1. The Morgan fingerprint density at radius 3 is 2.38 bits per heavy atom.